The largest absolute Gasteiger partial charge is 0.299 e. The zero-order chi connectivity index (χ0) is 30.8. The van der Waals surface area contributed by atoms with Gasteiger partial charge in [-0.05, 0) is 6.08 Å². The molecule has 0 fully saturated rings. The molecule has 2 aliphatic carbocycles. The van der Waals surface area contributed by atoms with Crippen LogP contribution in [0.3, 0.4) is 0 Å². The van der Waals surface area contributed by atoms with Gasteiger partial charge in [0, 0.05) is 0 Å². The van der Waals surface area contributed by atoms with Crippen molar-refractivity contribution in [3.63, 3.8) is 0 Å². The van der Waals surface area contributed by atoms with Gasteiger partial charge in [0.2, 0.25) is 0 Å². The summed E-state index contributed by atoms with van der Waals surface area (Å²) < 4.78 is 38.9. The SMILES string of the molecule is C=C(C(=O)O)[C@@H]1CC/C(C)=C/C(=O)/C=C(/[Se])[C@@H](CC(=O)C2C=CC(C(F)(F)F)=CC2)C1.C=CC=O.CC.CC. The van der Waals surface area contributed by atoms with Gasteiger partial charge in [-0.2, -0.15) is 0 Å². The Hall–Kier alpha value is -2.77. The third-order valence-corrected chi connectivity index (χ3v) is 6.63. The second-order valence-corrected chi connectivity index (χ2v) is 9.33. The molecule has 5 nitrogen and oxygen atoms in total. The molecule has 0 amide bonds. The van der Waals surface area contributed by atoms with Crippen molar-refractivity contribution < 1.29 is 37.5 Å². The molecule has 1 radical (unpaired) electrons. The number of aldehydes is 1. The number of alkyl halides is 3. The van der Waals surface area contributed by atoms with E-state index in [1.54, 1.807) is 6.92 Å². The second kappa shape index (κ2) is 20.2. The molecule has 0 aromatic carbocycles. The van der Waals surface area contributed by atoms with Crippen LogP contribution in [0.2, 0.25) is 0 Å². The smallest absolute Gasteiger partial charge is 0.142 e. The summed E-state index contributed by atoms with van der Waals surface area (Å²) in [5.41, 5.74) is 0.0943. The number of carbonyl (C=O) groups is 4. The summed E-state index contributed by atoms with van der Waals surface area (Å²) in [7, 11) is 0. The number of carboxylic acid groups (broad SMARTS) is 1. The first-order chi connectivity index (χ1) is 18.3. The Morgan fingerprint density at radius 2 is 1.74 bits per heavy atom. The monoisotopic (exact) mass is 617 g/mol. The van der Waals surface area contributed by atoms with Crippen LogP contribution in [0.15, 0.2) is 70.8 Å². The van der Waals surface area contributed by atoms with Crippen molar-refractivity contribution >= 4 is 39.8 Å². The molecule has 0 aromatic heterocycles. The molecule has 1 unspecified atom stereocenters. The van der Waals surface area contributed by atoms with Gasteiger partial charge in [-0.25, -0.2) is 0 Å². The zero-order valence-corrected chi connectivity index (χ0v) is 25.1. The van der Waals surface area contributed by atoms with Crippen LogP contribution in [0.4, 0.5) is 13.2 Å². The number of hydrogen-bond donors (Lipinski definition) is 1. The number of carboxylic acids is 1. The molecule has 9 heteroatoms. The van der Waals surface area contributed by atoms with E-state index in [0.717, 1.165) is 17.7 Å². The number of allylic oxidation sites excluding steroid dienone is 9. The topological polar surface area (TPSA) is 88.5 Å². The summed E-state index contributed by atoms with van der Waals surface area (Å²) in [4.78, 5) is 45.6. The van der Waals surface area contributed by atoms with E-state index in [-0.39, 0.29) is 30.0 Å². The number of rotatable bonds is 6. The molecular weight excluding hydrogens is 576 g/mol. The fourth-order valence-electron chi connectivity index (χ4n) is 3.73. The van der Waals surface area contributed by atoms with Crippen LogP contribution < -0.4 is 0 Å². The van der Waals surface area contributed by atoms with E-state index in [9.17, 15) is 32.7 Å². The van der Waals surface area contributed by atoms with Gasteiger partial charge in [-0.3, -0.25) is 4.79 Å². The van der Waals surface area contributed by atoms with Crippen molar-refractivity contribution in [1.82, 2.24) is 0 Å². The van der Waals surface area contributed by atoms with Gasteiger partial charge in [-0.1, -0.05) is 34.3 Å². The van der Waals surface area contributed by atoms with E-state index in [4.69, 9.17) is 4.79 Å². The number of aliphatic carboxylic acids is 1. The molecular formula is C30H40F3O5Se. The van der Waals surface area contributed by atoms with Crippen molar-refractivity contribution in [1.29, 1.82) is 0 Å². The van der Waals surface area contributed by atoms with Crippen LogP contribution in [0.5, 0.6) is 0 Å². The predicted molar refractivity (Wildman–Crippen MR) is 150 cm³/mol. The normalized spacial score (nSPS) is 23.5. The van der Waals surface area contributed by atoms with Gasteiger partial charge in [0.05, 0.1) is 0 Å². The van der Waals surface area contributed by atoms with E-state index in [0.29, 0.717) is 30.0 Å². The Kier molecular flexibility index (Phi) is 19.9. The molecule has 0 bridgehead atoms. The first-order valence-corrected chi connectivity index (χ1v) is 13.7. The molecule has 0 saturated carbocycles. The average Bonchev–Trinajstić information content (AvgIpc) is 2.91. The zero-order valence-electron chi connectivity index (χ0n) is 23.3. The first kappa shape index (κ1) is 38.4. The Labute approximate surface area is 238 Å². The molecule has 1 N–H and O–H groups in total. The molecule has 0 spiro atoms. The maximum atomic E-state index is 12.8. The number of ketones is 2. The molecule has 0 aromatic rings. The van der Waals surface area contributed by atoms with Gasteiger partial charge in [0.15, 0.2) is 0 Å². The summed E-state index contributed by atoms with van der Waals surface area (Å²) >= 11 is 2.82. The number of carbonyl (C=O) groups excluding carboxylic acids is 3. The van der Waals surface area contributed by atoms with E-state index >= 15 is 0 Å². The summed E-state index contributed by atoms with van der Waals surface area (Å²) in [6, 6.07) is 0. The van der Waals surface area contributed by atoms with Crippen LogP contribution in [-0.2, 0) is 19.2 Å². The number of hydrogen-bond acceptors (Lipinski definition) is 4. The molecule has 0 heterocycles. The van der Waals surface area contributed by atoms with Crippen molar-refractivity contribution in [3.8, 4) is 0 Å². The molecule has 0 aliphatic heterocycles. The molecule has 217 valence electrons. The van der Waals surface area contributed by atoms with Gasteiger partial charge in [0.25, 0.3) is 0 Å². The molecule has 0 saturated heterocycles. The molecule has 2 aliphatic rings. The summed E-state index contributed by atoms with van der Waals surface area (Å²) in [5, 5.41) is 9.39. The second-order valence-electron chi connectivity index (χ2n) is 8.34. The van der Waals surface area contributed by atoms with Crippen molar-refractivity contribution in [2.75, 3.05) is 0 Å². The predicted octanol–water partition coefficient (Wildman–Crippen LogP) is 7.06. The van der Waals surface area contributed by atoms with Crippen LogP contribution >= 0.6 is 0 Å². The fourth-order valence-corrected chi connectivity index (χ4v) is 4.35. The van der Waals surface area contributed by atoms with Gasteiger partial charge >= 0.3 is 187 Å². The average molecular weight is 617 g/mol. The molecule has 3 atom stereocenters. The molecule has 2 rings (SSSR count). The Morgan fingerprint density at radius 3 is 2.18 bits per heavy atom. The minimum Gasteiger partial charge on any atom is -0.299 e. The maximum Gasteiger partial charge on any atom is 0.142 e. The van der Waals surface area contributed by atoms with Crippen LogP contribution in [0.1, 0.15) is 66.7 Å². The third kappa shape index (κ3) is 14.8. The summed E-state index contributed by atoms with van der Waals surface area (Å²) in [6.45, 7) is 16.6. The third-order valence-electron chi connectivity index (χ3n) is 5.68. The molecule has 39 heavy (non-hydrogen) atoms. The Morgan fingerprint density at radius 1 is 1.18 bits per heavy atom. The fraction of sp³-hybridized carbons (Fsp3) is 0.467. The first-order valence-electron chi connectivity index (χ1n) is 12.9. The summed E-state index contributed by atoms with van der Waals surface area (Å²) in [5.74, 6) is -3.14. The van der Waals surface area contributed by atoms with Crippen LogP contribution in [0.25, 0.3) is 0 Å². The van der Waals surface area contributed by atoms with Gasteiger partial charge in [0.1, 0.15) is 6.29 Å². The van der Waals surface area contributed by atoms with E-state index in [1.165, 1.54) is 24.3 Å². The number of Topliss-reactive ketones (excluding diaryl/α,β-unsaturated/α-hetero) is 1. The maximum absolute atomic E-state index is 12.8. The van der Waals surface area contributed by atoms with Gasteiger partial charge in [-0.15, -0.1) is 0 Å². The minimum atomic E-state index is -4.45. The van der Waals surface area contributed by atoms with Crippen molar-refractivity contribution in [3.05, 3.63) is 70.8 Å². The van der Waals surface area contributed by atoms with E-state index in [2.05, 4.69) is 29.2 Å². The summed E-state index contributed by atoms with van der Waals surface area (Å²) in [6.07, 6.45) is 4.69. The van der Waals surface area contributed by atoms with Crippen molar-refractivity contribution in [2.45, 2.75) is 72.9 Å². The van der Waals surface area contributed by atoms with Crippen LogP contribution in [0, 0.1) is 17.8 Å². The Balaban J connectivity index is 0. The van der Waals surface area contributed by atoms with E-state index < -0.39 is 35.5 Å². The number of halogens is 3. The van der Waals surface area contributed by atoms with Gasteiger partial charge < -0.3 is 0 Å². The quantitative estimate of drug-likeness (QED) is 0.196. The van der Waals surface area contributed by atoms with Crippen LogP contribution in [-0.4, -0.2) is 51.1 Å². The standard InChI is InChI=1S/C23H24F3O4Se.C3H4O.2C2H6/c1-13-3-4-16(14(2)22(29)30)10-17(21(31)12-19(27)9-13)11-20(28)15-5-7-18(8-6-15)23(24,25)26;1-2-3-4;2*1-2/h5,7-9,12,15-17H,2-4,6,10-11H2,1H3,(H,29,30);2-3H,1H2;2*1-2H3/b13-9+,21-12+;;;/t15?,16-,17-;;;/m1.../s1. The van der Waals surface area contributed by atoms with Crippen molar-refractivity contribution in [2.24, 2.45) is 17.8 Å². The minimum absolute atomic E-state index is 0.0115. The van der Waals surface area contributed by atoms with E-state index in [1.807, 2.05) is 27.7 Å². The Bertz CT molecular complexity index is 981.